The van der Waals surface area contributed by atoms with Gasteiger partial charge in [0.15, 0.2) is 7.28 Å². The molecule has 0 bridgehead atoms. The molecule has 1 amide bonds. The summed E-state index contributed by atoms with van der Waals surface area (Å²) in [5, 5.41) is 6.90. The van der Waals surface area contributed by atoms with Gasteiger partial charge in [-0.3, -0.25) is 9.78 Å². The van der Waals surface area contributed by atoms with Crippen LogP contribution in [0.1, 0.15) is 33.9 Å². The lowest BCUT2D eigenvalue weighted by molar-refractivity contribution is 0.0711. The Bertz CT molecular complexity index is 1000. The van der Waals surface area contributed by atoms with Crippen molar-refractivity contribution in [3.63, 3.8) is 0 Å². The fourth-order valence-electron chi connectivity index (χ4n) is 3.37. The zero-order valence-corrected chi connectivity index (χ0v) is 16.3. The molecule has 0 spiro atoms. The van der Waals surface area contributed by atoms with Crippen molar-refractivity contribution in [1.82, 2.24) is 9.99 Å². The molecule has 0 saturated carbocycles. The normalized spacial score (nSPS) is 16.0. The van der Waals surface area contributed by atoms with E-state index < -0.39 is 0 Å². The van der Waals surface area contributed by atoms with Crippen LogP contribution in [0, 0.1) is 0 Å². The predicted octanol–water partition coefficient (Wildman–Crippen LogP) is 3.84. The quantitative estimate of drug-likeness (QED) is 0.639. The van der Waals surface area contributed by atoms with Crippen LogP contribution in [-0.4, -0.2) is 28.9 Å². The topological polar surface area (TPSA) is 45.6 Å². The molecule has 28 heavy (non-hydrogen) atoms. The number of carbonyl (C=O) groups excluding carboxylic acids is 1. The lowest BCUT2D eigenvalue weighted by Crippen LogP contribution is -2.27. The van der Waals surface area contributed by atoms with Gasteiger partial charge in [0.05, 0.1) is 11.8 Å². The molecule has 6 heteroatoms. The first-order valence-electron chi connectivity index (χ1n) is 9.31. The van der Waals surface area contributed by atoms with Crippen LogP contribution in [0.4, 0.5) is 0 Å². The zero-order chi connectivity index (χ0) is 19.5. The summed E-state index contributed by atoms with van der Waals surface area (Å²) in [7, 11) is 0.994. The molecule has 1 aromatic heterocycles. The van der Waals surface area contributed by atoms with Crippen LogP contribution < -0.4 is 5.46 Å². The van der Waals surface area contributed by atoms with Gasteiger partial charge in [-0.25, -0.2) is 5.01 Å². The van der Waals surface area contributed by atoms with Crippen LogP contribution >= 0.6 is 11.6 Å². The molecule has 0 aliphatic carbocycles. The Morgan fingerprint density at radius 2 is 1.71 bits per heavy atom. The number of nitrogens with zero attached hydrogens (tertiary/aromatic N) is 3. The molecule has 4 nitrogen and oxygen atoms in total. The van der Waals surface area contributed by atoms with Crippen LogP contribution in [0.25, 0.3) is 0 Å². The van der Waals surface area contributed by atoms with Gasteiger partial charge in [0.2, 0.25) is 0 Å². The molecule has 2 aromatic carbocycles. The molecule has 1 unspecified atom stereocenters. The standard InChI is InChI=1S/C22H19BClN3O/c1-23-18-6-2-15(3-7-18)20-14-21(16-10-12-25-13-11-16)27(26-20)22(28)17-4-8-19(24)9-5-17/h2-13,21,23H,14H2,1H3. The van der Waals surface area contributed by atoms with Crippen molar-refractivity contribution in [1.29, 1.82) is 0 Å². The van der Waals surface area contributed by atoms with Crippen LogP contribution in [0.3, 0.4) is 0 Å². The molecule has 0 radical (unpaired) electrons. The van der Waals surface area contributed by atoms with E-state index in [1.54, 1.807) is 41.7 Å². The average molecular weight is 388 g/mol. The number of aromatic nitrogens is 1. The molecule has 1 atom stereocenters. The molecule has 0 fully saturated rings. The van der Waals surface area contributed by atoms with E-state index in [4.69, 9.17) is 16.7 Å². The maximum absolute atomic E-state index is 13.2. The smallest absolute Gasteiger partial charge is 0.267 e. The highest BCUT2D eigenvalue weighted by Gasteiger charge is 2.33. The maximum atomic E-state index is 13.2. The van der Waals surface area contributed by atoms with Crippen LogP contribution in [-0.2, 0) is 0 Å². The first-order chi connectivity index (χ1) is 13.7. The summed E-state index contributed by atoms with van der Waals surface area (Å²) in [6.07, 6.45) is 4.15. The van der Waals surface area contributed by atoms with Crippen molar-refractivity contribution in [2.45, 2.75) is 19.3 Å². The highest BCUT2D eigenvalue weighted by atomic mass is 35.5. The Balaban J connectivity index is 1.70. The fraction of sp³-hybridized carbons (Fsp3) is 0.136. The first-order valence-corrected chi connectivity index (χ1v) is 9.69. The van der Waals surface area contributed by atoms with E-state index in [0.29, 0.717) is 17.0 Å². The monoisotopic (exact) mass is 387 g/mol. The van der Waals surface area contributed by atoms with E-state index in [1.165, 1.54) is 5.46 Å². The molecular formula is C22H19BClN3O. The van der Waals surface area contributed by atoms with Crippen LogP contribution in [0.5, 0.6) is 0 Å². The number of amides is 1. The van der Waals surface area contributed by atoms with Gasteiger partial charge in [0.1, 0.15) is 0 Å². The summed E-state index contributed by atoms with van der Waals surface area (Å²) >= 11 is 5.97. The van der Waals surface area contributed by atoms with Crippen molar-refractivity contribution < 1.29 is 4.79 Å². The second kappa shape index (κ2) is 7.99. The molecule has 1 aliphatic rings. The third-order valence-electron chi connectivity index (χ3n) is 5.00. The third-order valence-corrected chi connectivity index (χ3v) is 5.25. The van der Waals surface area contributed by atoms with E-state index in [2.05, 4.69) is 36.1 Å². The Hall–Kier alpha value is -2.92. The Morgan fingerprint density at radius 3 is 2.36 bits per heavy atom. The third kappa shape index (κ3) is 3.71. The van der Waals surface area contributed by atoms with E-state index in [0.717, 1.165) is 24.1 Å². The minimum absolute atomic E-state index is 0.140. The average Bonchev–Trinajstić information content (AvgIpc) is 3.20. The number of hydrogen-bond acceptors (Lipinski definition) is 3. The Kier molecular flexibility index (Phi) is 5.26. The summed E-state index contributed by atoms with van der Waals surface area (Å²) in [6.45, 7) is 2.13. The summed E-state index contributed by atoms with van der Waals surface area (Å²) in [5.74, 6) is -0.140. The predicted molar refractivity (Wildman–Crippen MR) is 115 cm³/mol. The second-order valence-electron chi connectivity index (χ2n) is 6.75. The first kappa shape index (κ1) is 18.4. The molecule has 0 saturated heterocycles. The number of rotatable bonds is 4. The van der Waals surface area contributed by atoms with E-state index in [1.807, 2.05) is 12.1 Å². The minimum atomic E-state index is -0.160. The van der Waals surface area contributed by atoms with Crippen molar-refractivity contribution in [2.75, 3.05) is 0 Å². The van der Waals surface area contributed by atoms with Gasteiger partial charge in [0, 0.05) is 29.4 Å². The van der Waals surface area contributed by atoms with Gasteiger partial charge in [-0.05, 0) is 47.5 Å². The van der Waals surface area contributed by atoms with E-state index >= 15 is 0 Å². The van der Waals surface area contributed by atoms with E-state index in [-0.39, 0.29) is 11.9 Å². The van der Waals surface area contributed by atoms with Gasteiger partial charge in [0.25, 0.3) is 5.91 Å². The summed E-state index contributed by atoms with van der Waals surface area (Å²) in [4.78, 5) is 17.3. The van der Waals surface area contributed by atoms with Crippen LogP contribution in [0.15, 0.2) is 78.2 Å². The van der Waals surface area contributed by atoms with Gasteiger partial charge in [-0.1, -0.05) is 48.2 Å². The molecule has 1 aliphatic heterocycles. The number of hydrogen-bond donors (Lipinski definition) is 0. The van der Waals surface area contributed by atoms with Crippen molar-refractivity contribution in [3.05, 3.63) is 94.8 Å². The molecule has 2 heterocycles. The molecule has 138 valence electrons. The van der Waals surface area contributed by atoms with Gasteiger partial charge >= 0.3 is 0 Å². The minimum Gasteiger partial charge on any atom is -0.267 e. The molecule has 4 rings (SSSR count). The number of pyridine rings is 1. The SMILES string of the molecule is CBc1ccc(C2=NN(C(=O)c3ccc(Cl)cc3)C(c3ccncc3)C2)cc1. The summed E-state index contributed by atoms with van der Waals surface area (Å²) in [6, 6.07) is 19.0. The lowest BCUT2D eigenvalue weighted by atomic mass is 9.73. The molecule has 3 aromatic rings. The van der Waals surface area contributed by atoms with Crippen molar-refractivity contribution in [2.24, 2.45) is 5.10 Å². The van der Waals surface area contributed by atoms with Crippen molar-refractivity contribution >= 4 is 36.0 Å². The van der Waals surface area contributed by atoms with Gasteiger partial charge in [-0.15, -0.1) is 0 Å². The van der Waals surface area contributed by atoms with Crippen LogP contribution in [0.2, 0.25) is 11.8 Å². The summed E-state index contributed by atoms with van der Waals surface area (Å²) < 4.78 is 0. The van der Waals surface area contributed by atoms with Gasteiger partial charge in [-0.2, -0.15) is 5.10 Å². The number of benzene rings is 2. The fourth-order valence-corrected chi connectivity index (χ4v) is 3.50. The maximum Gasteiger partial charge on any atom is 0.274 e. The molecular weight excluding hydrogens is 369 g/mol. The Morgan fingerprint density at radius 1 is 1.04 bits per heavy atom. The van der Waals surface area contributed by atoms with Gasteiger partial charge < -0.3 is 0 Å². The van der Waals surface area contributed by atoms with E-state index in [9.17, 15) is 4.79 Å². The lowest BCUT2D eigenvalue weighted by Gasteiger charge is -2.22. The highest BCUT2D eigenvalue weighted by molar-refractivity contribution is 6.51. The summed E-state index contributed by atoms with van der Waals surface area (Å²) in [5.41, 5.74) is 4.81. The largest absolute Gasteiger partial charge is 0.274 e. The number of hydrazone groups is 1. The molecule has 0 N–H and O–H groups in total. The van der Waals surface area contributed by atoms with Crippen molar-refractivity contribution in [3.8, 4) is 0 Å². The highest BCUT2D eigenvalue weighted by Crippen LogP contribution is 2.33. The Labute approximate surface area is 170 Å². The second-order valence-corrected chi connectivity index (χ2v) is 7.19. The zero-order valence-electron chi connectivity index (χ0n) is 15.5. The number of carbonyl (C=O) groups is 1. The number of halogens is 1.